The minimum Gasteiger partial charge on any atom is -0.464 e. The van der Waals surface area contributed by atoms with Crippen molar-refractivity contribution in [2.75, 3.05) is 6.79 Å². The lowest BCUT2D eigenvalue weighted by Gasteiger charge is -2.02. The van der Waals surface area contributed by atoms with Crippen LogP contribution in [0.4, 0.5) is 0 Å². The number of sulfone groups is 1. The summed E-state index contributed by atoms with van der Waals surface area (Å²) in [6.45, 7) is 0.178. The van der Waals surface area contributed by atoms with E-state index in [1.165, 1.54) is 12.1 Å². The Bertz CT molecular complexity index is 766. The minimum absolute atomic E-state index is 0.178. The molecular formula is C15H12O5S. The van der Waals surface area contributed by atoms with Gasteiger partial charge < -0.3 is 14.2 Å². The van der Waals surface area contributed by atoms with Gasteiger partial charge in [-0.25, -0.2) is 8.42 Å². The number of hydrogen-bond acceptors (Lipinski definition) is 5. The maximum atomic E-state index is 12.0. The molecule has 21 heavy (non-hydrogen) atoms. The van der Waals surface area contributed by atoms with E-state index in [2.05, 4.69) is 0 Å². The second-order valence-corrected chi connectivity index (χ2v) is 6.10. The Morgan fingerprint density at radius 3 is 2.57 bits per heavy atom. The highest BCUT2D eigenvalue weighted by Crippen LogP contribution is 2.35. The fourth-order valence-corrected chi connectivity index (χ4v) is 2.71. The van der Waals surface area contributed by atoms with Gasteiger partial charge in [0, 0.05) is 6.07 Å². The first-order chi connectivity index (χ1) is 10.1. The summed E-state index contributed by atoms with van der Waals surface area (Å²) in [5, 5.41) is 1.02. The van der Waals surface area contributed by atoms with Gasteiger partial charge in [-0.05, 0) is 24.3 Å². The van der Waals surface area contributed by atoms with Gasteiger partial charge in [0.1, 0.15) is 12.0 Å². The first-order valence-corrected chi connectivity index (χ1v) is 7.73. The molecule has 2 aromatic carbocycles. The van der Waals surface area contributed by atoms with Gasteiger partial charge in [-0.15, -0.1) is 0 Å². The molecule has 0 N–H and O–H groups in total. The van der Waals surface area contributed by atoms with Crippen LogP contribution < -0.4 is 14.2 Å². The van der Waals surface area contributed by atoms with Crippen molar-refractivity contribution in [3.63, 3.8) is 0 Å². The van der Waals surface area contributed by atoms with Crippen molar-refractivity contribution < 1.29 is 22.6 Å². The molecular weight excluding hydrogens is 292 g/mol. The molecule has 0 unspecified atom stereocenters. The van der Waals surface area contributed by atoms with Crippen LogP contribution in [0.2, 0.25) is 0 Å². The van der Waals surface area contributed by atoms with Crippen LogP contribution in [0, 0.1) is 0 Å². The summed E-state index contributed by atoms with van der Waals surface area (Å²) in [7, 11) is -3.50. The molecule has 0 amide bonds. The highest BCUT2D eigenvalue weighted by atomic mass is 32.2. The third-order valence-electron chi connectivity index (χ3n) is 2.85. The van der Waals surface area contributed by atoms with E-state index in [0.29, 0.717) is 17.2 Å². The summed E-state index contributed by atoms with van der Waals surface area (Å²) in [5.41, 5.74) is 0. The van der Waals surface area contributed by atoms with Gasteiger partial charge in [0.25, 0.3) is 0 Å². The smallest absolute Gasteiger partial charge is 0.231 e. The summed E-state index contributed by atoms with van der Waals surface area (Å²) in [6, 6.07) is 13.2. The van der Waals surface area contributed by atoms with E-state index in [1.54, 1.807) is 36.4 Å². The van der Waals surface area contributed by atoms with Gasteiger partial charge >= 0.3 is 0 Å². The zero-order chi connectivity index (χ0) is 14.7. The molecule has 1 heterocycles. The van der Waals surface area contributed by atoms with Crippen LogP contribution in [0.15, 0.2) is 65.1 Å². The Balaban J connectivity index is 1.73. The van der Waals surface area contributed by atoms with E-state index >= 15 is 0 Å². The molecule has 6 heteroatoms. The predicted molar refractivity (Wildman–Crippen MR) is 76.0 cm³/mol. The van der Waals surface area contributed by atoms with Crippen molar-refractivity contribution in [2.24, 2.45) is 0 Å². The average Bonchev–Trinajstić information content (AvgIpc) is 2.95. The standard InChI is InChI=1S/C15H12O5S/c16-21(17,13-4-2-1-3-5-13)9-8-18-12-6-7-14-15(10-12)20-11-19-14/h1-10H,11H2/b9-8+. The molecule has 3 rings (SSSR count). The van der Waals surface area contributed by atoms with Crippen LogP contribution in [0.25, 0.3) is 0 Å². The number of benzene rings is 2. The molecule has 0 fully saturated rings. The van der Waals surface area contributed by atoms with Crippen LogP contribution in [0.5, 0.6) is 17.2 Å². The summed E-state index contributed by atoms with van der Waals surface area (Å²) in [4.78, 5) is 0.218. The Labute approximate surface area is 122 Å². The van der Waals surface area contributed by atoms with Crippen molar-refractivity contribution in [1.82, 2.24) is 0 Å². The van der Waals surface area contributed by atoms with Gasteiger partial charge in [0.05, 0.1) is 10.3 Å². The lowest BCUT2D eigenvalue weighted by atomic mass is 10.3. The fourth-order valence-electron chi connectivity index (χ4n) is 1.82. The molecule has 1 aliphatic rings. The molecule has 0 bridgehead atoms. The van der Waals surface area contributed by atoms with Crippen molar-refractivity contribution in [1.29, 1.82) is 0 Å². The quantitative estimate of drug-likeness (QED) is 0.813. The summed E-state index contributed by atoms with van der Waals surface area (Å²) >= 11 is 0. The normalized spacial score (nSPS) is 13.5. The zero-order valence-electron chi connectivity index (χ0n) is 10.9. The molecule has 0 saturated heterocycles. The van der Waals surface area contributed by atoms with Crippen LogP contribution in [0.3, 0.4) is 0 Å². The Hall–Kier alpha value is -2.47. The lowest BCUT2D eigenvalue weighted by Crippen LogP contribution is -1.96. The summed E-state index contributed by atoms with van der Waals surface area (Å²) in [5.74, 6) is 1.69. The molecule has 0 aliphatic carbocycles. The van der Waals surface area contributed by atoms with Crippen LogP contribution >= 0.6 is 0 Å². The number of rotatable bonds is 4. The van der Waals surface area contributed by atoms with Gasteiger partial charge in [-0.3, -0.25) is 0 Å². The second-order valence-electron chi connectivity index (χ2n) is 4.26. The first kappa shape index (κ1) is 13.5. The third-order valence-corrected chi connectivity index (χ3v) is 4.25. The largest absolute Gasteiger partial charge is 0.464 e. The lowest BCUT2D eigenvalue weighted by molar-refractivity contribution is 0.174. The van der Waals surface area contributed by atoms with Gasteiger partial charge in [-0.1, -0.05) is 18.2 Å². The highest BCUT2D eigenvalue weighted by molar-refractivity contribution is 7.94. The van der Waals surface area contributed by atoms with E-state index in [-0.39, 0.29) is 11.7 Å². The van der Waals surface area contributed by atoms with Crippen LogP contribution in [-0.2, 0) is 9.84 Å². The second kappa shape index (κ2) is 5.49. The molecule has 5 nitrogen and oxygen atoms in total. The number of hydrogen-bond donors (Lipinski definition) is 0. The van der Waals surface area contributed by atoms with E-state index in [1.807, 2.05) is 0 Å². The van der Waals surface area contributed by atoms with E-state index < -0.39 is 9.84 Å². The molecule has 0 saturated carbocycles. The molecule has 2 aromatic rings. The van der Waals surface area contributed by atoms with Gasteiger partial charge in [-0.2, -0.15) is 0 Å². The van der Waals surface area contributed by atoms with Crippen molar-refractivity contribution >= 4 is 9.84 Å². The van der Waals surface area contributed by atoms with Crippen LogP contribution in [0.1, 0.15) is 0 Å². The van der Waals surface area contributed by atoms with Gasteiger partial charge in [0.15, 0.2) is 11.5 Å². The fraction of sp³-hybridized carbons (Fsp3) is 0.0667. The van der Waals surface area contributed by atoms with E-state index in [9.17, 15) is 8.42 Å². The summed E-state index contributed by atoms with van der Waals surface area (Å²) < 4.78 is 39.7. The van der Waals surface area contributed by atoms with Crippen molar-refractivity contribution in [3.8, 4) is 17.2 Å². The topological polar surface area (TPSA) is 61.8 Å². The maximum Gasteiger partial charge on any atom is 0.231 e. The molecule has 0 atom stereocenters. The third kappa shape index (κ3) is 3.00. The molecule has 0 spiro atoms. The summed E-state index contributed by atoms with van der Waals surface area (Å²) in [6.07, 6.45) is 1.14. The van der Waals surface area contributed by atoms with Crippen molar-refractivity contribution in [3.05, 3.63) is 60.2 Å². The Kier molecular flexibility index (Phi) is 3.53. The molecule has 1 aliphatic heterocycles. The SMILES string of the molecule is O=S(=O)(/C=C/Oc1ccc2c(c1)OCO2)c1ccccc1. The molecule has 0 radical (unpaired) electrons. The van der Waals surface area contributed by atoms with Crippen molar-refractivity contribution in [2.45, 2.75) is 4.90 Å². The molecule has 0 aromatic heterocycles. The first-order valence-electron chi connectivity index (χ1n) is 6.18. The average molecular weight is 304 g/mol. The number of fused-ring (bicyclic) bond motifs is 1. The van der Waals surface area contributed by atoms with E-state index in [4.69, 9.17) is 14.2 Å². The minimum atomic E-state index is -3.50. The maximum absolute atomic E-state index is 12.0. The Morgan fingerprint density at radius 1 is 1.00 bits per heavy atom. The van der Waals surface area contributed by atoms with E-state index in [0.717, 1.165) is 11.7 Å². The van der Waals surface area contributed by atoms with Crippen LogP contribution in [-0.4, -0.2) is 15.2 Å². The highest BCUT2D eigenvalue weighted by Gasteiger charge is 2.13. The number of ether oxygens (including phenoxy) is 3. The monoisotopic (exact) mass is 304 g/mol. The van der Waals surface area contributed by atoms with Gasteiger partial charge in [0.2, 0.25) is 16.6 Å². The molecule has 108 valence electrons. The Morgan fingerprint density at radius 2 is 1.76 bits per heavy atom. The predicted octanol–water partition coefficient (Wildman–Crippen LogP) is 2.74. The zero-order valence-corrected chi connectivity index (χ0v) is 11.7.